The fourth-order valence-corrected chi connectivity index (χ4v) is 2.64. The van der Waals surface area contributed by atoms with Crippen molar-refractivity contribution in [1.29, 1.82) is 0 Å². The van der Waals surface area contributed by atoms with Crippen molar-refractivity contribution in [3.63, 3.8) is 0 Å². The maximum atomic E-state index is 12.8. The van der Waals surface area contributed by atoms with Gasteiger partial charge in [-0.25, -0.2) is 15.0 Å². The molecule has 0 aliphatic heterocycles. The quantitative estimate of drug-likeness (QED) is 0.522. The summed E-state index contributed by atoms with van der Waals surface area (Å²) in [6.07, 6.45) is 5.39. The third-order valence-electron chi connectivity index (χ3n) is 4.03. The number of hydrogen-bond donors (Lipinski definition) is 1. The van der Waals surface area contributed by atoms with E-state index in [9.17, 15) is 18.0 Å². The van der Waals surface area contributed by atoms with Crippen LogP contribution < -0.4 is 5.32 Å². The summed E-state index contributed by atoms with van der Waals surface area (Å²) < 4.78 is 39.6. The van der Waals surface area contributed by atoms with E-state index < -0.39 is 17.9 Å². The molecule has 0 saturated carbocycles. The van der Waals surface area contributed by atoms with Gasteiger partial charge in [-0.1, -0.05) is 0 Å². The van der Waals surface area contributed by atoms with Crippen LogP contribution in [-0.4, -0.2) is 40.6 Å². The summed E-state index contributed by atoms with van der Waals surface area (Å²) in [5.41, 5.74) is 1.77. The number of anilines is 1. The predicted octanol–water partition coefficient (Wildman–Crippen LogP) is 2.85. The highest BCUT2D eigenvalue weighted by Crippen LogP contribution is 2.27. The van der Waals surface area contributed by atoms with Crippen LogP contribution in [0.4, 0.5) is 19.0 Å². The van der Waals surface area contributed by atoms with E-state index in [2.05, 4.69) is 35.3 Å². The monoisotopic (exact) mass is 426 g/mol. The smallest absolute Gasteiger partial charge is 0.309 e. The average Bonchev–Trinajstić information content (AvgIpc) is 3.23. The van der Waals surface area contributed by atoms with Gasteiger partial charge in [-0.15, -0.1) is 0 Å². The first-order chi connectivity index (χ1) is 14.9. The van der Waals surface area contributed by atoms with E-state index in [4.69, 9.17) is 0 Å². The largest absolute Gasteiger partial charge is 0.451 e. The Morgan fingerprint density at radius 1 is 0.935 bits per heavy atom. The molecule has 4 aromatic rings. The van der Waals surface area contributed by atoms with E-state index >= 15 is 0 Å². The van der Waals surface area contributed by atoms with Crippen LogP contribution in [0.2, 0.25) is 0 Å². The molecule has 0 aliphatic carbocycles. The molecule has 0 bridgehead atoms. The Labute approximate surface area is 173 Å². The molecule has 0 radical (unpaired) electrons. The Morgan fingerprint density at radius 2 is 1.81 bits per heavy atom. The number of aromatic nitrogens is 7. The highest BCUT2D eigenvalue weighted by molar-refractivity contribution is 5.89. The molecule has 0 atom stereocenters. The standard InChI is InChI=1S/C19H13F3N8O/c20-19(21,22)18-25-4-3-14(28-18)13-8-27-30(10-13)11-17(31)29-16-2-1-12(7-26-16)15-9-23-5-6-24-15/h1-10H,11H2,(H,26,29,31). The molecular weight excluding hydrogens is 413 g/mol. The van der Waals surface area contributed by atoms with Crippen LogP contribution in [0.1, 0.15) is 5.82 Å². The van der Waals surface area contributed by atoms with E-state index in [0.717, 1.165) is 11.8 Å². The molecule has 156 valence electrons. The van der Waals surface area contributed by atoms with E-state index in [1.807, 2.05) is 0 Å². The minimum absolute atomic E-state index is 0.0512. The number of pyridine rings is 1. The number of nitrogens with one attached hydrogen (secondary N) is 1. The lowest BCUT2D eigenvalue weighted by atomic mass is 10.2. The van der Waals surface area contributed by atoms with Gasteiger partial charge in [0.25, 0.3) is 0 Å². The van der Waals surface area contributed by atoms with Gasteiger partial charge in [-0.05, 0) is 18.2 Å². The van der Waals surface area contributed by atoms with Gasteiger partial charge in [0.05, 0.1) is 23.8 Å². The summed E-state index contributed by atoms with van der Waals surface area (Å²) in [4.78, 5) is 31.3. The van der Waals surface area contributed by atoms with Crippen molar-refractivity contribution in [3.8, 4) is 22.5 Å². The first-order valence-electron chi connectivity index (χ1n) is 8.84. The normalized spacial score (nSPS) is 11.3. The minimum Gasteiger partial charge on any atom is -0.309 e. The molecule has 0 saturated heterocycles. The van der Waals surface area contributed by atoms with Gasteiger partial charge < -0.3 is 5.32 Å². The van der Waals surface area contributed by atoms with E-state index in [-0.39, 0.29) is 12.2 Å². The molecule has 1 N–H and O–H groups in total. The molecule has 0 aromatic carbocycles. The van der Waals surface area contributed by atoms with Crippen molar-refractivity contribution >= 4 is 11.7 Å². The van der Waals surface area contributed by atoms with Crippen LogP contribution in [0.3, 0.4) is 0 Å². The highest BCUT2D eigenvalue weighted by atomic mass is 19.4. The summed E-state index contributed by atoms with van der Waals surface area (Å²) >= 11 is 0. The van der Waals surface area contributed by atoms with E-state index in [1.165, 1.54) is 23.1 Å². The second-order valence-corrected chi connectivity index (χ2v) is 6.26. The van der Waals surface area contributed by atoms with Gasteiger partial charge in [-0.3, -0.25) is 19.4 Å². The molecule has 0 unspecified atom stereocenters. The molecule has 0 spiro atoms. The number of carbonyl (C=O) groups excluding carboxylic acids is 1. The molecule has 4 rings (SSSR count). The van der Waals surface area contributed by atoms with Crippen molar-refractivity contribution in [3.05, 3.63) is 67.4 Å². The number of carbonyl (C=O) groups is 1. The maximum Gasteiger partial charge on any atom is 0.451 e. The highest BCUT2D eigenvalue weighted by Gasteiger charge is 2.34. The molecule has 0 aliphatic rings. The molecule has 1 amide bonds. The Morgan fingerprint density at radius 3 is 2.52 bits per heavy atom. The first kappa shape index (κ1) is 20.1. The van der Waals surface area contributed by atoms with Gasteiger partial charge in [0, 0.05) is 42.1 Å². The van der Waals surface area contributed by atoms with Crippen LogP contribution in [0.5, 0.6) is 0 Å². The zero-order chi connectivity index (χ0) is 21.8. The fourth-order valence-electron chi connectivity index (χ4n) is 2.64. The molecule has 4 aromatic heterocycles. The van der Waals surface area contributed by atoms with Crippen LogP contribution in [0.25, 0.3) is 22.5 Å². The summed E-state index contributed by atoms with van der Waals surface area (Å²) in [6, 6.07) is 4.70. The third-order valence-corrected chi connectivity index (χ3v) is 4.03. The summed E-state index contributed by atoms with van der Waals surface area (Å²) in [6.45, 7) is -0.162. The lowest BCUT2D eigenvalue weighted by molar-refractivity contribution is -0.144. The Bertz CT molecular complexity index is 1190. The van der Waals surface area contributed by atoms with Crippen LogP contribution in [0, 0.1) is 0 Å². The summed E-state index contributed by atoms with van der Waals surface area (Å²) in [5.74, 6) is -1.32. The number of rotatable bonds is 5. The van der Waals surface area contributed by atoms with Gasteiger partial charge in [0.2, 0.25) is 11.7 Å². The number of amides is 1. The summed E-state index contributed by atoms with van der Waals surface area (Å²) in [7, 11) is 0. The molecule has 9 nitrogen and oxygen atoms in total. The molecular formula is C19H13F3N8O. The summed E-state index contributed by atoms with van der Waals surface area (Å²) in [5, 5.41) is 6.62. The van der Waals surface area contributed by atoms with Crippen molar-refractivity contribution < 1.29 is 18.0 Å². The Hall–Kier alpha value is -4.22. The fraction of sp³-hybridized carbons (Fsp3) is 0.105. The minimum atomic E-state index is -4.65. The van der Waals surface area contributed by atoms with Crippen molar-refractivity contribution in [2.24, 2.45) is 0 Å². The molecule has 0 fully saturated rings. The van der Waals surface area contributed by atoms with Gasteiger partial charge in [0.1, 0.15) is 12.4 Å². The van der Waals surface area contributed by atoms with Crippen LogP contribution >= 0.6 is 0 Å². The lowest BCUT2D eigenvalue weighted by Gasteiger charge is -2.06. The second kappa shape index (κ2) is 8.26. The van der Waals surface area contributed by atoms with Crippen molar-refractivity contribution in [1.82, 2.24) is 34.7 Å². The molecule has 4 heterocycles. The zero-order valence-electron chi connectivity index (χ0n) is 15.7. The number of halogens is 3. The first-order valence-corrected chi connectivity index (χ1v) is 8.84. The average molecular weight is 426 g/mol. The number of alkyl halides is 3. The van der Waals surface area contributed by atoms with E-state index in [0.29, 0.717) is 17.1 Å². The maximum absolute atomic E-state index is 12.8. The Balaban J connectivity index is 1.40. The van der Waals surface area contributed by atoms with E-state index in [1.54, 1.807) is 36.9 Å². The van der Waals surface area contributed by atoms with Crippen LogP contribution in [0.15, 0.2) is 61.6 Å². The topological polar surface area (TPSA) is 111 Å². The SMILES string of the molecule is O=C(Cn1cc(-c2ccnc(C(F)(F)F)n2)cn1)Nc1ccc(-c2cnccn2)cn1. The van der Waals surface area contributed by atoms with Crippen molar-refractivity contribution in [2.45, 2.75) is 12.7 Å². The van der Waals surface area contributed by atoms with Gasteiger partial charge in [0.15, 0.2) is 0 Å². The number of hydrogen-bond acceptors (Lipinski definition) is 7. The van der Waals surface area contributed by atoms with Gasteiger partial charge in [-0.2, -0.15) is 18.3 Å². The van der Waals surface area contributed by atoms with Crippen molar-refractivity contribution in [2.75, 3.05) is 5.32 Å². The number of nitrogens with zero attached hydrogens (tertiary/aromatic N) is 7. The van der Waals surface area contributed by atoms with Gasteiger partial charge >= 0.3 is 6.18 Å². The molecule has 12 heteroatoms. The zero-order valence-corrected chi connectivity index (χ0v) is 15.7. The lowest BCUT2D eigenvalue weighted by Crippen LogP contribution is -2.19. The second-order valence-electron chi connectivity index (χ2n) is 6.26. The predicted molar refractivity (Wildman–Crippen MR) is 102 cm³/mol. The Kier molecular flexibility index (Phi) is 5.35. The van der Waals surface area contributed by atoms with Crippen LogP contribution in [-0.2, 0) is 17.5 Å². The molecule has 31 heavy (non-hydrogen) atoms. The third kappa shape index (κ3) is 4.86.